The van der Waals surface area contributed by atoms with Crippen LogP contribution >= 0.6 is 11.3 Å². The van der Waals surface area contributed by atoms with Crippen molar-refractivity contribution in [3.63, 3.8) is 0 Å². The van der Waals surface area contributed by atoms with Crippen molar-refractivity contribution >= 4 is 33.1 Å². The molecule has 2 atom stereocenters. The molecule has 3 N–H and O–H groups in total. The lowest BCUT2D eigenvalue weighted by molar-refractivity contribution is -0.128. The minimum Gasteiger partial charge on any atom is -0.345 e. The largest absolute Gasteiger partial charge is 0.345 e. The highest BCUT2D eigenvalue weighted by atomic mass is 32.2. The molecule has 1 aliphatic heterocycles. The highest BCUT2D eigenvalue weighted by Gasteiger charge is 2.34. The lowest BCUT2D eigenvalue weighted by atomic mass is 10.1. The van der Waals surface area contributed by atoms with Gasteiger partial charge in [-0.1, -0.05) is 12.1 Å². The predicted octanol–water partition coefficient (Wildman–Crippen LogP) is 0.551. The molecule has 0 saturated carbocycles. The fourth-order valence-electron chi connectivity index (χ4n) is 3.00. The van der Waals surface area contributed by atoms with Crippen LogP contribution in [-0.2, 0) is 26.0 Å². The van der Waals surface area contributed by atoms with E-state index in [0.717, 1.165) is 9.18 Å². The van der Waals surface area contributed by atoms with Gasteiger partial charge >= 0.3 is 0 Å². The predicted molar refractivity (Wildman–Crippen MR) is 105 cm³/mol. The Morgan fingerprint density at radius 2 is 2.18 bits per heavy atom. The first-order valence-electron chi connectivity index (χ1n) is 8.90. The Morgan fingerprint density at radius 3 is 2.86 bits per heavy atom. The number of Topliss-reactive ketones (excluding diaryl/α,β-unsaturated/α-hetero) is 1. The number of amides is 1. The van der Waals surface area contributed by atoms with Crippen LogP contribution in [0.2, 0.25) is 0 Å². The van der Waals surface area contributed by atoms with Crippen molar-refractivity contribution in [3.8, 4) is 0 Å². The molecule has 0 radical (unpaired) electrons. The molecule has 0 unspecified atom stereocenters. The molecular weight excluding hydrogens is 400 g/mol. The number of nitrogens with zero attached hydrogens (tertiary/aromatic N) is 2. The van der Waals surface area contributed by atoms with Crippen LogP contribution in [0.3, 0.4) is 0 Å². The second kappa shape index (κ2) is 8.91. The third-order valence-corrected chi connectivity index (χ3v) is 7.18. The zero-order chi connectivity index (χ0) is 20.1. The van der Waals surface area contributed by atoms with Crippen molar-refractivity contribution in [3.05, 3.63) is 46.8 Å². The van der Waals surface area contributed by atoms with Gasteiger partial charge < -0.3 is 11.1 Å². The van der Waals surface area contributed by atoms with Crippen LogP contribution in [-0.4, -0.2) is 54.6 Å². The first kappa shape index (κ1) is 20.6. The number of carbonyl (C=O) groups is 2. The summed E-state index contributed by atoms with van der Waals surface area (Å²) in [5.74, 6) is -0.763. The first-order chi connectivity index (χ1) is 13.4. The molecule has 1 fully saturated rings. The molecule has 0 bridgehead atoms. The summed E-state index contributed by atoms with van der Waals surface area (Å²) < 4.78 is 26.5. The van der Waals surface area contributed by atoms with Crippen LogP contribution in [0, 0.1) is 0 Å². The van der Waals surface area contributed by atoms with Crippen molar-refractivity contribution in [2.24, 2.45) is 5.73 Å². The fraction of sp³-hybridized carbons (Fsp3) is 0.389. The number of carbonyl (C=O) groups excluding carboxylic acids is 2. The maximum Gasteiger partial charge on any atom is 0.260 e. The summed E-state index contributed by atoms with van der Waals surface area (Å²) in [4.78, 5) is 29.8. The molecule has 1 amide bonds. The number of ketones is 1. The summed E-state index contributed by atoms with van der Waals surface area (Å²) in [5.41, 5.74) is 5.95. The van der Waals surface area contributed by atoms with Gasteiger partial charge in [-0.05, 0) is 36.4 Å². The molecule has 0 spiro atoms. The van der Waals surface area contributed by atoms with Crippen LogP contribution in [0.4, 0.5) is 0 Å². The summed E-state index contributed by atoms with van der Waals surface area (Å²) in [6.45, 7) is -0.109. The van der Waals surface area contributed by atoms with Gasteiger partial charge in [-0.3, -0.25) is 9.59 Å². The highest BCUT2D eigenvalue weighted by Crippen LogP contribution is 2.18. The summed E-state index contributed by atoms with van der Waals surface area (Å²) in [5, 5.41) is 4.50. The van der Waals surface area contributed by atoms with E-state index in [1.807, 2.05) is 17.5 Å². The molecule has 1 aliphatic rings. The second-order valence-electron chi connectivity index (χ2n) is 6.57. The average Bonchev–Trinajstić information content (AvgIpc) is 3.12. The molecule has 2 aromatic rings. The second-order valence-corrected chi connectivity index (χ2v) is 9.48. The molecule has 3 rings (SSSR count). The molecule has 28 heavy (non-hydrogen) atoms. The minimum absolute atomic E-state index is 0.0942. The molecule has 0 aromatic carbocycles. The van der Waals surface area contributed by atoms with E-state index >= 15 is 0 Å². The van der Waals surface area contributed by atoms with Crippen molar-refractivity contribution in [1.82, 2.24) is 14.6 Å². The Morgan fingerprint density at radius 1 is 1.36 bits per heavy atom. The van der Waals surface area contributed by atoms with Crippen molar-refractivity contribution in [2.75, 3.05) is 13.1 Å². The SMILES string of the molecule is N[C@@H](Cc1cccs1)C(=O)N[C@H]1CCCN(S(=O)(=O)c2ccccn2)CC1=O. The topological polar surface area (TPSA) is 122 Å². The molecule has 0 aliphatic carbocycles. The van der Waals surface area contributed by atoms with E-state index in [1.54, 1.807) is 12.1 Å². The van der Waals surface area contributed by atoms with E-state index in [4.69, 9.17) is 5.73 Å². The molecular formula is C18H22N4O4S2. The van der Waals surface area contributed by atoms with E-state index < -0.39 is 28.0 Å². The molecule has 150 valence electrons. The van der Waals surface area contributed by atoms with Crippen LogP contribution in [0.5, 0.6) is 0 Å². The van der Waals surface area contributed by atoms with Gasteiger partial charge in [0, 0.05) is 24.0 Å². The summed E-state index contributed by atoms with van der Waals surface area (Å²) in [7, 11) is -3.86. The number of pyridine rings is 1. The lowest BCUT2D eigenvalue weighted by Crippen LogP contribution is -2.50. The van der Waals surface area contributed by atoms with Gasteiger partial charge in [-0.15, -0.1) is 11.3 Å². The summed E-state index contributed by atoms with van der Waals surface area (Å²) in [6, 6.07) is 6.88. The molecule has 3 heterocycles. The van der Waals surface area contributed by atoms with Crippen molar-refractivity contribution < 1.29 is 18.0 Å². The third-order valence-electron chi connectivity index (χ3n) is 4.52. The number of sulfonamides is 1. The Bertz CT molecular complexity index is 916. The van der Waals surface area contributed by atoms with Crippen molar-refractivity contribution in [2.45, 2.75) is 36.4 Å². The number of hydrogen-bond acceptors (Lipinski definition) is 7. The number of thiophene rings is 1. The van der Waals surface area contributed by atoms with Gasteiger partial charge in [0.05, 0.1) is 18.6 Å². The quantitative estimate of drug-likeness (QED) is 0.701. The van der Waals surface area contributed by atoms with Gasteiger partial charge in [0.25, 0.3) is 10.0 Å². The Hall–Kier alpha value is -2.14. The van der Waals surface area contributed by atoms with E-state index in [-0.39, 0.29) is 23.9 Å². The zero-order valence-corrected chi connectivity index (χ0v) is 16.8. The van der Waals surface area contributed by atoms with E-state index in [1.165, 1.54) is 23.6 Å². The number of aromatic nitrogens is 1. The van der Waals surface area contributed by atoms with Crippen LogP contribution < -0.4 is 11.1 Å². The third kappa shape index (κ3) is 4.82. The fourth-order valence-corrected chi connectivity index (χ4v) is 5.14. The number of hydrogen-bond donors (Lipinski definition) is 2. The zero-order valence-electron chi connectivity index (χ0n) is 15.2. The Kier molecular flexibility index (Phi) is 6.55. The maximum absolute atomic E-state index is 12.7. The lowest BCUT2D eigenvalue weighted by Gasteiger charge is -2.20. The molecule has 8 nitrogen and oxygen atoms in total. The van der Waals surface area contributed by atoms with Crippen LogP contribution in [0.25, 0.3) is 0 Å². The standard InChI is InChI=1S/C18H22N4O4S2/c19-14(11-13-5-4-10-27-13)18(24)21-15-6-3-9-22(12-16(15)23)28(25,26)17-7-1-2-8-20-17/h1-2,4-5,7-8,10,14-15H,3,6,9,11-12,19H2,(H,21,24)/t14-,15-/m0/s1. The van der Waals surface area contributed by atoms with Crippen LogP contribution in [0.15, 0.2) is 46.9 Å². The molecule has 10 heteroatoms. The normalized spacial score (nSPS) is 19.8. The Balaban J connectivity index is 1.63. The van der Waals surface area contributed by atoms with Gasteiger partial charge in [0.2, 0.25) is 5.91 Å². The first-order valence-corrected chi connectivity index (χ1v) is 11.2. The van der Waals surface area contributed by atoms with Gasteiger partial charge in [-0.25, -0.2) is 13.4 Å². The monoisotopic (exact) mass is 422 g/mol. The molecule has 2 aromatic heterocycles. The number of nitrogens with two attached hydrogens (primary N) is 1. The number of nitrogens with one attached hydrogen (secondary N) is 1. The van der Waals surface area contributed by atoms with Gasteiger partial charge in [0.1, 0.15) is 0 Å². The number of rotatable bonds is 6. The maximum atomic E-state index is 12.7. The van der Waals surface area contributed by atoms with Gasteiger partial charge in [-0.2, -0.15) is 4.31 Å². The van der Waals surface area contributed by atoms with Crippen LogP contribution in [0.1, 0.15) is 17.7 Å². The summed E-state index contributed by atoms with van der Waals surface area (Å²) in [6.07, 6.45) is 2.60. The van der Waals surface area contributed by atoms with E-state index in [2.05, 4.69) is 10.3 Å². The van der Waals surface area contributed by atoms with E-state index in [0.29, 0.717) is 19.3 Å². The minimum atomic E-state index is -3.86. The highest BCUT2D eigenvalue weighted by molar-refractivity contribution is 7.89. The van der Waals surface area contributed by atoms with E-state index in [9.17, 15) is 18.0 Å². The van der Waals surface area contributed by atoms with Crippen molar-refractivity contribution in [1.29, 1.82) is 0 Å². The smallest absolute Gasteiger partial charge is 0.260 e. The van der Waals surface area contributed by atoms with Gasteiger partial charge in [0.15, 0.2) is 10.8 Å². The summed E-state index contributed by atoms with van der Waals surface area (Å²) >= 11 is 1.51. The molecule has 1 saturated heterocycles. The Labute approximate surface area is 167 Å². The average molecular weight is 423 g/mol.